The van der Waals surface area contributed by atoms with Crippen LogP contribution >= 0.6 is 22.7 Å². The molecule has 1 aliphatic rings. The zero-order chi connectivity index (χ0) is 34.3. The van der Waals surface area contributed by atoms with Gasteiger partial charge in [0.2, 0.25) is 0 Å². The van der Waals surface area contributed by atoms with Gasteiger partial charge in [0.05, 0.1) is 18.5 Å². The summed E-state index contributed by atoms with van der Waals surface area (Å²) < 4.78 is 11.6. The van der Waals surface area contributed by atoms with Crippen molar-refractivity contribution in [2.45, 2.75) is 18.5 Å². The number of para-hydroxylation sites is 2. The summed E-state index contributed by atoms with van der Waals surface area (Å²) in [6.45, 7) is 0. The zero-order valence-electron chi connectivity index (χ0n) is 28.3. The lowest BCUT2D eigenvalue weighted by atomic mass is 9.98. The largest absolute Gasteiger partial charge is 0.455 e. The van der Waals surface area contributed by atoms with Crippen LogP contribution in [0.25, 0.3) is 73.4 Å². The van der Waals surface area contributed by atoms with Crippen molar-refractivity contribution in [1.29, 1.82) is 0 Å². The summed E-state index contributed by atoms with van der Waals surface area (Å²) in [6.07, 6.45) is -0.0681. The van der Waals surface area contributed by atoms with Gasteiger partial charge in [0.1, 0.15) is 11.2 Å². The minimum absolute atomic E-state index is 0.0132. The quantitative estimate of drug-likeness (QED) is 0.191. The van der Waals surface area contributed by atoms with Crippen LogP contribution in [0.15, 0.2) is 156 Å². The number of hydrogen-bond donors (Lipinski definition) is 2. The van der Waals surface area contributed by atoms with Gasteiger partial charge in [0.25, 0.3) is 0 Å². The maximum absolute atomic E-state index is 6.42. The fourth-order valence-corrected chi connectivity index (χ4v) is 10.6. The van der Waals surface area contributed by atoms with Crippen molar-refractivity contribution >= 4 is 85.0 Å². The zero-order valence-corrected chi connectivity index (χ0v) is 30.0. The molecule has 2 N–H and O–H groups in total. The Labute approximate surface area is 308 Å². The second-order valence-electron chi connectivity index (χ2n) is 13.8. The smallest absolute Gasteiger partial charge is 0.143 e. The van der Waals surface area contributed by atoms with E-state index in [4.69, 9.17) is 4.42 Å². The van der Waals surface area contributed by atoms with Crippen LogP contribution in [0.1, 0.15) is 35.2 Å². The van der Waals surface area contributed by atoms with Crippen molar-refractivity contribution in [2.75, 3.05) is 7.05 Å². The van der Waals surface area contributed by atoms with E-state index >= 15 is 0 Å². The molecule has 4 nitrogen and oxygen atoms in total. The molecule has 1 fully saturated rings. The Morgan fingerprint density at radius 1 is 0.519 bits per heavy atom. The van der Waals surface area contributed by atoms with Gasteiger partial charge in [-0.2, -0.15) is 0 Å². The van der Waals surface area contributed by atoms with Crippen LogP contribution in [0.4, 0.5) is 0 Å². The fraction of sp³-hybridized carbons (Fsp3) is 0.0870. The molecule has 1 saturated heterocycles. The van der Waals surface area contributed by atoms with E-state index in [9.17, 15) is 0 Å². The predicted octanol–water partition coefficient (Wildman–Crippen LogP) is 12.5. The lowest BCUT2D eigenvalue weighted by Crippen LogP contribution is -2.54. The minimum Gasteiger partial charge on any atom is -0.455 e. The highest BCUT2D eigenvalue weighted by molar-refractivity contribution is 7.26. The molecule has 7 aromatic carbocycles. The SMILES string of the molecule is CN1C(c2ccccc2)NC(c2cccc3sc4ccccc4c23)NC1c1ccc2c(c1)sc1ccc(-c3cccc4c3oc3ccccc34)cc12. The number of furan rings is 1. The second kappa shape index (κ2) is 11.9. The third-order valence-electron chi connectivity index (χ3n) is 10.9. The van der Waals surface area contributed by atoms with E-state index in [1.807, 2.05) is 28.7 Å². The number of benzene rings is 7. The lowest BCUT2D eigenvalue weighted by molar-refractivity contribution is 0.0421. The summed E-state index contributed by atoms with van der Waals surface area (Å²) in [5.41, 5.74) is 7.95. The van der Waals surface area contributed by atoms with Crippen molar-refractivity contribution in [3.63, 3.8) is 0 Å². The van der Waals surface area contributed by atoms with Gasteiger partial charge < -0.3 is 4.42 Å². The molecule has 0 saturated carbocycles. The van der Waals surface area contributed by atoms with Crippen molar-refractivity contribution in [2.24, 2.45) is 0 Å². The van der Waals surface area contributed by atoms with Crippen molar-refractivity contribution < 1.29 is 4.42 Å². The molecule has 6 heteroatoms. The number of fused-ring (bicyclic) bond motifs is 9. The van der Waals surface area contributed by atoms with E-state index in [0.717, 1.165) is 27.5 Å². The lowest BCUT2D eigenvalue weighted by Gasteiger charge is -2.46. The van der Waals surface area contributed by atoms with Crippen LogP contribution in [-0.4, -0.2) is 11.9 Å². The van der Waals surface area contributed by atoms with Crippen LogP contribution < -0.4 is 10.6 Å². The maximum atomic E-state index is 6.42. The van der Waals surface area contributed by atoms with E-state index in [1.165, 1.54) is 62.6 Å². The van der Waals surface area contributed by atoms with Crippen LogP contribution in [0.3, 0.4) is 0 Å². The van der Waals surface area contributed by atoms with Gasteiger partial charge in [-0.3, -0.25) is 15.5 Å². The monoisotopic (exact) mass is 707 g/mol. The average Bonchev–Trinajstić information content (AvgIpc) is 3.89. The molecular formula is C46H33N3OS2. The summed E-state index contributed by atoms with van der Waals surface area (Å²) in [5, 5.41) is 15.6. The summed E-state index contributed by atoms with van der Waals surface area (Å²) in [6, 6.07) is 55.0. The van der Waals surface area contributed by atoms with Gasteiger partial charge in [-0.15, -0.1) is 22.7 Å². The van der Waals surface area contributed by atoms with Gasteiger partial charge >= 0.3 is 0 Å². The first-order chi connectivity index (χ1) is 25.7. The van der Waals surface area contributed by atoms with E-state index in [0.29, 0.717) is 0 Å². The Balaban J connectivity index is 1.01. The molecule has 10 aromatic rings. The number of rotatable bonds is 4. The molecule has 3 aromatic heterocycles. The Morgan fingerprint density at radius 2 is 1.23 bits per heavy atom. The second-order valence-corrected chi connectivity index (χ2v) is 16.0. The third kappa shape index (κ3) is 4.69. The fourth-order valence-electron chi connectivity index (χ4n) is 8.37. The number of hydrogen-bond acceptors (Lipinski definition) is 6. The molecule has 1 aliphatic heterocycles. The molecule has 250 valence electrons. The topological polar surface area (TPSA) is 40.4 Å². The first-order valence-corrected chi connectivity index (χ1v) is 19.4. The van der Waals surface area contributed by atoms with Crippen LogP contribution in [0, 0.1) is 0 Å². The first kappa shape index (κ1) is 30.3. The maximum Gasteiger partial charge on any atom is 0.143 e. The summed E-state index contributed by atoms with van der Waals surface area (Å²) >= 11 is 3.74. The van der Waals surface area contributed by atoms with Crippen molar-refractivity contribution in [3.8, 4) is 11.1 Å². The van der Waals surface area contributed by atoms with Crippen molar-refractivity contribution in [3.05, 3.63) is 168 Å². The Morgan fingerprint density at radius 3 is 2.13 bits per heavy atom. The minimum atomic E-state index is -0.0604. The molecule has 52 heavy (non-hydrogen) atoms. The van der Waals surface area contributed by atoms with Gasteiger partial charge in [0, 0.05) is 56.7 Å². The first-order valence-electron chi connectivity index (χ1n) is 17.7. The van der Waals surface area contributed by atoms with Gasteiger partial charge in [-0.05, 0) is 65.7 Å². The third-order valence-corrected chi connectivity index (χ3v) is 13.1. The molecule has 3 atom stereocenters. The van der Waals surface area contributed by atoms with E-state index in [2.05, 4.69) is 168 Å². The molecule has 0 spiro atoms. The normalized spacial score (nSPS) is 18.4. The number of nitrogens with one attached hydrogen (secondary N) is 2. The molecule has 3 unspecified atom stereocenters. The van der Waals surface area contributed by atoms with E-state index in [1.54, 1.807) is 0 Å². The number of nitrogens with zero attached hydrogens (tertiary/aromatic N) is 1. The Bertz CT molecular complexity index is 2980. The number of thiophene rings is 2. The van der Waals surface area contributed by atoms with E-state index < -0.39 is 0 Å². The summed E-state index contributed by atoms with van der Waals surface area (Å²) in [7, 11) is 2.22. The summed E-state index contributed by atoms with van der Waals surface area (Å²) in [4.78, 5) is 2.43. The highest BCUT2D eigenvalue weighted by atomic mass is 32.1. The molecule has 0 radical (unpaired) electrons. The predicted molar refractivity (Wildman–Crippen MR) is 220 cm³/mol. The molecular weight excluding hydrogens is 675 g/mol. The van der Waals surface area contributed by atoms with Gasteiger partial charge in [-0.25, -0.2) is 0 Å². The van der Waals surface area contributed by atoms with Crippen LogP contribution in [-0.2, 0) is 0 Å². The van der Waals surface area contributed by atoms with Crippen LogP contribution in [0.2, 0.25) is 0 Å². The van der Waals surface area contributed by atoms with Gasteiger partial charge in [-0.1, -0.05) is 115 Å². The van der Waals surface area contributed by atoms with Crippen LogP contribution in [0.5, 0.6) is 0 Å². The Hall–Kier alpha value is -5.34. The average molecular weight is 708 g/mol. The molecule has 0 bridgehead atoms. The molecule has 0 amide bonds. The molecule has 0 aliphatic carbocycles. The van der Waals surface area contributed by atoms with Crippen molar-refractivity contribution in [1.82, 2.24) is 15.5 Å². The standard InChI is InChI=1S/C46H33N3OS2/c1-49-45(27-11-3-2-4-12-27)47-44(35-17-10-20-40-42(35)34-14-6-8-19-38(34)51-40)48-46(49)29-21-23-32-36-25-28(22-24-39(36)52-41(32)26-29)30-15-9-16-33-31-13-5-7-18-37(31)50-43(30)33/h2-26,44-48H,1H3. The highest BCUT2D eigenvalue weighted by Crippen LogP contribution is 2.44. The van der Waals surface area contributed by atoms with E-state index in [-0.39, 0.29) is 18.5 Å². The summed E-state index contributed by atoms with van der Waals surface area (Å²) in [5.74, 6) is 0. The van der Waals surface area contributed by atoms with Gasteiger partial charge in [0.15, 0.2) is 0 Å². The Kier molecular flexibility index (Phi) is 6.91. The highest BCUT2D eigenvalue weighted by Gasteiger charge is 2.35. The molecule has 11 rings (SSSR count). The molecule has 4 heterocycles.